The van der Waals surface area contributed by atoms with E-state index in [0.29, 0.717) is 0 Å². The Kier molecular flexibility index (Phi) is 127. The van der Waals surface area contributed by atoms with Crippen LogP contribution in [-0.4, -0.2) is 0 Å². The molecule has 0 aromatic carbocycles. The van der Waals surface area contributed by atoms with E-state index in [2.05, 4.69) is 96.9 Å². The van der Waals surface area contributed by atoms with Crippen LogP contribution in [0, 0.1) is 0 Å². The Morgan fingerprint density at radius 2 is 0.180 bits per heavy atom. The molecule has 0 rings (SSSR count). The van der Waals surface area contributed by atoms with Crippen molar-refractivity contribution in [3.05, 3.63) is 0 Å². The minimum Gasteiger partial charge on any atom is -0.114 e. The van der Waals surface area contributed by atoms with Gasteiger partial charge in [0.15, 0.2) is 0 Å². The van der Waals surface area contributed by atoms with Gasteiger partial charge in [0.1, 0.15) is 0 Å². The fourth-order valence-electron chi connectivity index (χ4n) is 4.74. The van der Waals surface area contributed by atoms with Gasteiger partial charge in [-0.1, -0.05) is 322 Å². The zero-order chi connectivity index (χ0) is 38.7. The van der Waals surface area contributed by atoms with Crippen LogP contribution in [0.3, 0.4) is 0 Å². The van der Waals surface area contributed by atoms with Crippen LogP contribution in [0.25, 0.3) is 0 Å². The molecule has 0 radical (unpaired) electrons. The van der Waals surface area contributed by atoms with E-state index in [1.807, 2.05) is 0 Å². The van der Waals surface area contributed by atoms with Gasteiger partial charge < -0.3 is 0 Å². The quantitative estimate of drug-likeness (QED) is 0.0694. The maximum absolute atomic E-state index is 2.25. The molecule has 0 aliphatic carbocycles. The maximum Gasteiger partial charge on any atom is -0.0533 e. The first-order chi connectivity index (χ1) is 23.9. The van der Waals surface area contributed by atoms with Crippen LogP contribution in [0.5, 0.6) is 0 Å². The van der Waals surface area contributed by atoms with Crippen molar-refractivity contribution in [2.24, 2.45) is 0 Å². The van der Waals surface area contributed by atoms with Crippen LogP contribution >= 0.6 is 17.0 Å². The van der Waals surface area contributed by atoms with Crippen LogP contribution in [0.1, 0.15) is 322 Å². The topological polar surface area (TPSA) is 0 Å². The Morgan fingerprint density at radius 3 is 0.220 bits per heavy atom. The van der Waals surface area contributed by atoms with E-state index in [-0.39, 0.29) is 17.0 Å². The van der Waals surface area contributed by atoms with Crippen molar-refractivity contribution >= 4 is 17.0 Å². The normalized spacial score (nSPS) is 9.24. The molecule has 0 unspecified atom stereocenters. The molecular weight excluding hydrogens is 668 g/mol. The number of hydrogen-bond donors (Lipinski definition) is 0. The number of halogens is 1. The molecule has 0 nitrogen and oxygen atoms in total. The number of unbranched alkanes of at least 4 members (excludes halogenated alkanes) is 28. The van der Waals surface area contributed by atoms with E-state index >= 15 is 0 Å². The van der Waals surface area contributed by atoms with Gasteiger partial charge in [0.25, 0.3) is 0 Å². The third-order valence-corrected chi connectivity index (χ3v) is 8.45. The molecule has 0 heterocycles. The summed E-state index contributed by atoms with van der Waals surface area (Å²) < 4.78 is 0. The summed E-state index contributed by atoms with van der Waals surface area (Å²) in [5.74, 6) is 0. The van der Waals surface area contributed by atoms with Crippen LogP contribution in [0.4, 0.5) is 0 Å². The first-order valence-corrected chi connectivity index (χ1v) is 23.9. The van der Waals surface area contributed by atoms with E-state index in [1.165, 1.54) is 225 Å². The zero-order valence-electron chi connectivity index (χ0n) is 39.2. The summed E-state index contributed by atoms with van der Waals surface area (Å²) in [6.45, 7) is 31.4. The minimum absolute atomic E-state index is 0. The number of rotatable bonds is 28. The standard InChI is InChI=1S/7C7H16.BrH/c7*1-3-5-7-6-4-2;/h7*3-7H2,1-2H3;1H. The summed E-state index contributed by atoms with van der Waals surface area (Å²) in [7, 11) is 0. The van der Waals surface area contributed by atoms with Crippen molar-refractivity contribution in [2.45, 2.75) is 322 Å². The third kappa shape index (κ3) is 135. The van der Waals surface area contributed by atoms with Gasteiger partial charge in [0, 0.05) is 0 Å². The first-order valence-electron chi connectivity index (χ1n) is 23.9. The largest absolute Gasteiger partial charge is 0.114 e. The van der Waals surface area contributed by atoms with Gasteiger partial charge in [-0.3, -0.25) is 0 Å². The molecular formula is C49H113Br. The maximum atomic E-state index is 2.25. The molecule has 0 aromatic rings. The second-order valence-corrected chi connectivity index (χ2v) is 14.4. The third-order valence-electron chi connectivity index (χ3n) is 8.45. The highest BCUT2D eigenvalue weighted by atomic mass is 79.9. The van der Waals surface area contributed by atoms with Gasteiger partial charge in [-0.25, -0.2) is 0 Å². The van der Waals surface area contributed by atoms with E-state index in [0.717, 1.165) is 0 Å². The number of hydrogen-bond acceptors (Lipinski definition) is 0. The summed E-state index contributed by atoms with van der Waals surface area (Å²) in [5, 5.41) is 0. The summed E-state index contributed by atoms with van der Waals surface area (Å²) >= 11 is 0. The molecule has 0 saturated heterocycles. The van der Waals surface area contributed by atoms with Crippen LogP contribution in [0.2, 0.25) is 0 Å². The van der Waals surface area contributed by atoms with Gasteiger partial charge in [-0.15, -0.1) is 17.0 Å². The predicted octanol–water partition coefficient (Wildman–Crippen LogP) is 21.4. The van der Waals surface area contributed by atoms with E-state index in [9.17, 15) is 0 Å². The Labute approximate surface area is 337 Å². The fraction of sp³-hybridized carbons (Fsp3) is 1.00. The molecule has 1 heteroatoms. The molecule has 0 saturated carbocycles. The van der Waals surface area contributed by atoms with Crippen molar-refractivity contribution < 1.29 is 0 Å². The van der Waals surface area contributed by atoms with Gasteiger partial charge in [-0.2, -0.15) is 0 Å². The second kappa shape index (κ2) is 92.4. The zero-order valence-corrected chi connectivity index (χ0v) is 40.9. The average Bonchev–Trinajstić information content (AvgIpc) is 3.12. The van der Waals surface area contributed by atoms with Crippen molar-refractivity contribution in [1.29, 1.82) is 0 Å². The highest BCUT2D eigenvalue weighted by Gasteiger charge is 1.83. The Bertz CT molecular complexity index is 240. The molecule has 0 N–H and O–H groups in total. The lowest BCUT2D eigenvalue weighted by Crippen LogP contribution is -1.70. The lowest BCUT2D eigenvalue weighted by atomic mass is 10.2. The molecule has 0 aliphatic rings. The molecule has 316 valence electrons. The van der Waals surface area contributed by atoms with Crippen molar-refractivity contribution in [3.8, 4) is 0 Å². The second-order valence-electron chi connectivity index (χ2n) is 14.4. The van der Waals surface area contributed by atoms with Gasteiger partial charge >= 0.3 is 0 Å². The molecule has 0 amide bonds. The fourth-order valence-corrected chi connectivity index (χ4v) is 4.74. The Hall–Kier alpha value is 0.480. The van der Waals surface area contributed by atoms with Gasteiger partial charge in [0.2, 0.25) is 0 Å². The lowest BCUT2D eigenvalue weighted by molar-refractivity contribution is 0.656. The summed E-state index contributed by atoms with van der Waals surface area (Å²) in [4.78, 5) is 0. The summed E-state index contributed by atoms with van der Waals surface area (Å²) in [5.41, 5.74) is 0. The molecule has 0 aromatic heterocycles. The van der Waals surface area contributed by atoms with Crippen LogP contribution in [-0.2, 0) is 0 Å². The van der Waals surface area contributed by atoms with Crippen LogP contribution in [0.15, 0.2) is 0 Å². The predicted molar refractivity (Wildman–Crippen MR) is 251 cm³/mol. The smallest absolute Gasteiger partial charge is 0.0533 e. The molecule has 0 fully saturated rings. The average molecular weight is 782 g/mol. The van der Waals surface area contributed by atoms with Crippen molar-refractivity contribution in [1.82, 2.24) is 0 Å². The molecule has 0 bridgehead atoms. The first kappa shape index (κ1) is 68.5. The minimum atomic E-state index is 0. The lowest BCUT2D eigenvalue weighted by Gasteiger charge is -1.90. The highest BCUT2D eigenvalue weighted by Crippen LogP contribution is 2.03. The SMILES string of the molecule is Br.CCCCCCC.CCCCCCC.CCCCCCC.CCCCCCC.CCCCCCC.CCCCCCC.CCCCCCC. The van der Waals surface area contributed by atoms with Gasteiger partial charge in [-0.05, 0) is 0 Å². The van der Waals surface area contributed by atoms with Crippen LogP contribution < -0.4 is 0 Å². The molecule has 0 spiro atoms. The Morgan fingerprint density at radius 1 is 0.120 bits per heavy atom. The summed E-state index contributed by atoms with van der Waals surface area (Å²) in [6.07, 6.45) is 49.1. The van der Waals surface area contributed by atoms with Crippen molar-refractivity contribution in [3.63, 3.8) is 0 Å². The molecule has 0 aliphatic heterocycles. The van der Waals surface area contributed by atoms with Gasteiger partial charge in [0.05, 0.1) is 0 Å². The van der Waals surface area contributed by atoms with E-state index in [1.54, 1.807) is 0 Å². The highest BCUT2D eigenvalue weighted by molar-refractivity contribution is 8.93. The molecule has 50 heavy (non-hydrogen) atoms. The van der Waals surface area contributed by atoms with E-state index in [4.69, 9.17) is 0 Å². The summed E-state index contributed by atoms with van der Waals surface area (Å²) in [6, 6.07) is 0. The van der Waals surface area contributed by atoms with E-state index < -0.39 is 0 Å². The van der Waals surface area contributed by atoms with Crippen molar-refractivity contribution in [2.75, 3.05) is 0 Å². The monoisotopic (exact) mass is 781 g/mol. The Balaban J connectivity index is -0.0000000684. The molecule has 0 atom stereocenters.